The van der Waals surface area contributed by atoms with Crippen molar-refractivity contribution in [3.05, 3.63) is 0 Å². The Kier molecular flexibility index (Phi) is 6.31. The molecule has 112 valence electrons. The Labute approximate surface area is 118 Å². The molecule has 0 radical (unpaired) electrons. The lowest BCUT2D eigenvalue weighted by Gasteiger charge is -2.24. The largest absolute Gasteiger partial charge is 0.353 e. The van der Waals surface area contributed by atoms with Gasteiger partial charge in [-0.25, -0.2) is 0 Å². The normalized spacial score (nSPS) is 26.6. The fourth-order valence-electron chi connectivity index (χ4n) is 3.01. The number of carbonyl (C=O) groups excluding carboxylic acids is 1. The van der Waals surface area contributed by atoms with Gasteiger partial charge < -0.3 is 11.1 Å². The van der Waals surface area contributed by atoms with E-state index in [1.54, 1.807) is 0 Å². The Bertz CT molecular complexity index is 283. The number of amides is 1. The summed E-state index contributed by atoms with van der Waals surface area (Å²) in [6, 6.07) is 0.351. The summed E-state index contributed by atoms with van der Waals surface area (Å²) < 4.78 is 0. The third kappa shape index (κ3) is 7.56. The summed E-state index contributed by atoms with van der Waals surface area (Å²) in [5, 5.41) is 3.18. The highest BCUT2D eigenvalue weighted by Gasteiger charge is 2.21. The molecule has 3 N–H and O–H groups in total. The van der Waals surface area contributed by atoms with Crippen molar-refractivity contribution in [1.82, 2.24) is 5.32 Å². The molecule has 0 aromatic rings. The van der Waals surface area contributed by atoms with E-state index < -0.39 is 0 Å². The van der Waals surface area contributed by atoms with E-state index in [0.717, 1.165) is 25.2 Å². The molecule has 0 saturated heterocycles. The Morgan fingerprint density at radius 2 is 1.95 bits per heavy atom. The van der Waals surface area contributed by atoms with Crippen LogP contribution in [-0.2, 0) is 4.79 Å². The maximum Gasteiger partial charge on any atom is 0.221 e. The van der Waals surface area contributed by atoms with Crippen LogP contribution in [0.3, 0.4) is 0 Å². The maximum absolute atomic E-state index is 12.0. The Balaban J connectivity index is 2.30. The van der Waals surface area contributed by atoms with Crippen LogP contribution in [0.1, 0.15) is 72.6 Å². The van der Waals surface area contributed by atoms with E-state index in [0.29, 0.717) is 12.5 Å². The zero-order chi connectivity index (χ0) is 14.5. The number of hydrogen-bond acceptors (Lipinski definition) is 2. The maximum atomic E-state index is 12.0. The molecule has 1 rings (SSSR count). The first-order chi connectivity index (χ1) is 8.76. The van der Waals surface area contributed by atoms with Gasteiger partial charge in [-0.1, -0.05) is 40.5 Å². The summed E-state index contributed by atoms with van der Waals surface area (Å²) >= 11 is 0. The van der Waals surface area contributed by atoms with Crippen molar-refractivity contribution < 1.29 is 4.79 Å². The Hall–Kier alpha value is -0.570. The van der Waals surface area contributed by atoms with Crippen LogP contribution in [0.15, 0.2) is 0 Å². The first-order valence-electron chi connectivity index (χ1n) is 7.81. The van der Waals surface area contributed by atoms with Gasteiger partial charge in [0.1, 0.15) is 0 Å². The van der Waals surface area contributed by atoms with Gasteiger partial charge in [-0.05, 0) is 37.0 Å². The molecular formula is C16H32N2O. The predicted molar refractivity (Wildman–Crippen MR) is 80.8 cm³/mol. The molecule has 3 unspecified atom stereocenters. The molecule has 1 aliphatic rings. The van der Waals surface area contributed by atoms with E-state index in [-0.39, 0.29) is 17.4 Å². The predicted octanol–water partition coefficient (Wildman–Crippen LogP) is 3.23. The van der Waals surface area contributed by atoms with Crippen molar-refractivity contribution in [2.75, 3.05) is 0 Å². The fourth-order valence-corrected chi connectivity index (χ4v) is 3.01. The second-order valence-electron chi connectivity index (χ2n) is 7.61. The molecule has 3 heteroatoms. The first-order valence-corrected chi connectivity index (χ1v) is 7.81. The van der Waals surface area contributed by atoms with Crippen molar-refractivity contribution in [3.8, 4) is 0 Å². The lowest BCUT2D eigenvalue weighted by molar-refractivity contribution is -0.122. The molecule has 0 aromatic heterocycles. The van der Waals surface area contributed by atoms with Gasteiger partial charge in [0.25, 0.3) is 0 Å². The van der Waals surface area contributed by atoms with E-state index in [2.05, 4.69) is 33.0 Å². The average molecular weight is 268 g/mol. The second-order valence-corrected chi connectivity index (χ2v) is 7.61. The third-order valence-electron chi connectivity index (χ3n) is 3.94. The van der Waals surface area contributed by atoms with Crippen LogP contribution in [0.25, 0.3) is 0 Å². The lowest BCUT2D eigenvalue weighted by atomic mass is 9.87. The van der Waals surface area contributed by atoms with E-state index in [9.17, 15) is 4.79 Å². The van der Waals surface area contributed by atoms with Crippen LogP contribution in [-0.4, -0.2) is 18.0 Å². The SMILES string of the molecule is CC1CCCC(NC(=O)CC(N)CC(C)(C)C)CC1. The summed E-state index contributed by atoms with van der Waals surface area (Å²) in [5.41, 5.74) is 6.25. The van der Waals surface area contributed by atoms with Crippen LogP contribution in [0.5, 0.6) is 0 Å². The highest BCUT2D eigenvalue weighted by molar-refractivity contribution is 5.76. The quantitative estimate of drug-likeness (QED) is 0.769. The minimum absolute atomic E-state index is 0.0234. The molecule has 0 aromatic carbocycles. The second kappa shape index (κ2) is 7.28. The number of carbonyl (C=O) groups is 1. The standard InChI is InChI=1S/C16H32N2O/c1-12-6-5-7-14(9-8-12)18-15(19)10-13(17)11-16(2,3)4/h12-14H,5-11,17H2,1-4H3,(H,18,19). The summed E-state index contributed by atoms with van der Waals surface area (Å²) in [6.07, 6.45) is 7.38. The number of hydrogen-bond donors (Lipinski definition) is 2. The molecule has 1 fully saturated rings. The Morgan fingerprint density at radius 1 is 1.26 bits per heavy atom. The minimum atomic E-state index is -0.0234. The van der Waals surface area contributed by atoms with Crippen LogP contribution in [0.4, 0.5) is 0 Å². The van der Waals surface area contributed by atoms with Crippen molar-refractivity contribution in [3.63, 3.8) is 0 Å². The fraction of sp³-hybridized carbons (Fsp3) is 0.938. The smallest absolute Gasteiger partial charge is 0.221 e. The molecule has 1 aliphatic carbocycles. The van der Waals surface area contributed by atoms with Crippen molar-refractivity contribution in [2.24, 2.45) is 17.1 Å². The zero-order valence-corrected chi connectivity index (χ0v) is 13.2. The van der Waals surface area contributed by atoms with E-state index in [1.165, 1.54) is 19.3 Å². The highest BCUT2D eigenvalue weighted by Crippen LogP contribution is 2.23. The summed E-state index contributed by atoms with van der Waals surface area (Å²) in [4.78, 5) is 12.0. The topological polar surface area (TPSA) is 55.1 Å². The van der Waals surface area contributed by atoms with Crippen LogP contribution in [0, 0.1) is 11.3 Å². The average Bonchev–Trinajstić information content (AvgIpc) is 2.40. The van der Waals surface area contributed by atoms with Crippen molar-refractivity contribution >= 4 is 5.91 Å². The van der Waals surface area contributed by atoms with Crippen LogP contribution < -0.4 is 11.1 Å². The number of rotatable bonds is 4. The lowest BCUT2D eigenvalue weighted by Crippen LogP contribution is -2.39. The molecule has 1 amide bonds. The summed E-state index contributed by atoms with van der Waals surface area (Å²) in [7, 11) is 0. The number of nitrogens with one attached hydrogen (secondary N) is 1. The highest BCUT2D eigenvalue weighted by atomic mass is 16.1. The summed E-state index contributed by atoms with van der Waals surface area (Å²) in [6.45, 7) is 8.80. The molecule has 0 aliphatic heterocycles. The monoisotopic (exact) mass is 268 g/mol. The summed E-state index contributed by atoms with van der Waals surface area (Å²) in [5.74, 6) is 0.946. The van der Waals surface area contributed by atoms with E-state index >= 15 is 0 Å². The van der Waals surface area contributed by atoms with Gasteiger partial charge in [-0.15, -0.1) is 0 Å². The molecular weight excluding hydrogens is 236 g/mol. The zero-order valence-electron chi connectivity index (χ0n) is 13.2. The molecule has 0 heterocycles. The van der Waals surface area contributed by atoms with Gasteiger partial charge in [-0.3, -0.25) is 4.79 Å². The first kappa shape index (κ1) is 16.5. The third-order valence-corrected chi connectivity index (χ3v) is 3.94. The Morgan fingerprint density at radius 3 is 2.58 bits per heavy atom. The van der Waals surface area contributed by atoms with Gasteiger partial charge in [-0.2, -0.15) is 0 Å². The molecule has 3 atom stereocenters. The van der Waals surface area contributed by atoms with Gasteiger partial charge >= 0.3 is 0 Å². The van der Waals surface area contributed by atoms with E-state index in [1.807, 2.05) is 0 Å². The van der Waals surface area contributed by atoms with Crippen LogP contribution >= 0.6 is 0 Å². The minimum Gasteiger partial charge on any atom is -0.353 e. The molecule has 0 bridgehead atoms. The van der Waals surface area contributed by atoms with Gasteiger partial charge in [0.05, 0.1) is 0 Å². The van der Waals surface area contributed by atoms with Crippen molar-refractivity contribution in [2.45, 2.75) is 84.7 Å². The van der Waals surface area contributed by atoms with E-state index in [4.69, 9.17) is 5.73 Å². The van der Waals surface area contributed by atoms with Gasteiger partial charge in [0.15, 0.2) is 0 Å². The van der Waals surface area contributed by atoms with Gasteiger partial charge in [0.2, 0.25) is 5.91 Å². The molecule has 1 saturated carbocycles. The molecule has 19 heavy (non-hydrogen) atoms. The number of nitrogens with two attached hydrogens (primary N) is 1. The van der Waals surface area contributed by atoms with Crippen molar-refractivity contribution in [1.29, 1.82) is 0 Å². The van der Waals surface area contributed by atoms with Crippen LogP contribution in [0.2, 0.25) is 0 Å². The van der Waals surface area contributed by atoms with Gasteiger partial charge in [0, 0.05) is 18.5 Å². The molecule has 0 spiro atoms. The molecule has 3 nitrogen and oxygen atoms in total.